The Hall–Kier alpha value is -1.10. The Morgan fingerprint density at radius 3 is 2.89 bits per heavy atom. The molecule has 96 valence electrons. The van der Waals surface area contributed by atoms with Crippen molar-refractivity contribution in [1.82, 2.24) is 4.98 Å². The molecule has 1 unspecified atom stereocenters. The van der Waals surface area contributed by atoms with Crippen molar-refractivity contribution in [2.24, 2.45) is 5.73 Å². The SMILES string of the molecule is COc1cc(C(N)Cc2nc(C)cs2)ccc1Cl. The van der Waals surface area contributed by atoms with Crippen LogP contribution in [-0.4, -0.2) is 12.1 Å². The van der Waals surface area contributed by atoms with E-state index in [2.05, 4.69) is 4.98 Å². The van der Waals surface area contributed by atoms with Gasteiger partial charge >= 0.3 is 0 Å². The quantitative estimate of drug-likeness (QED) is 0.935. The van der Waals surface area contributed by atoms with Gasteiger partial charge in [-0.15, -0.1) is 11.3 Å². The van der Waals surface area contributed by atoms with Gasteiger partial charge in [0.05, 0.1) is 17.1 Å². The summed E-state index contributed by atoms with van der Waals surface area (Å²) in [6.45, 7) is 1.98. The van der Waals surface area contributed by atoms with Crippen LogP contribution in [0.15, 0.2) is 23.6 Å². The van der Waals surface area contributed by atoms with E-state index in [0.717, 1.165) is 22.7 Å². The number of ether oxygens (including phenoxy) is 1. The summed E-state index contributed by atoms with van der Waals surface area (Å²) in [6.07, 6.45) is 0.725. The number of aromatic nitrogens is 1. The molecule has 0 aliphatic heterocycles. The van der Waals surface area contributed by atoms with Crippen molar-refractivity contribution in [3.8, 4) is 5.75 Å². The summed E-state index contributed by atoms with van der Waals surface area (Å²) in [4.78, 5) is 4.42. The fourth-order valence-corrected chi connectivity index (χ4v) is 2.74. The van der Waals surface area contributed by atoms with Crippen LogP contribution in [0, 0.1) is 6.92 Å². The van der Waals surface area contributed by atoms with Crippen LogP contribution >= 0.6 is 22.9 Å². The number of hydrogen-bond donors (Lipinski definition) is 1. The highest BCUT2D eigenvalue weighted by molar-refractivity contribution is 7.09. The van der Waals surface area contributed by atoms with E-state index in [1.54, 1.807) is 18.4 Å². The van der Waals surface area contributed by atoms with E-state index in [1.165, 1.54) is 0 Å². The van der Waals surface area contributed by atoms with Crippen molar-refractivity contribution >= 4 is 22.9 Å². The molecule has 0 fully saturated rings. The molecule has 2 aromatic rings. The Balaban J connectivity index is 2.15. The number of rotatable bonds is 4. The molecule has 2 rings (SSSR count). The molecule has 18 heavy (non-hydrogen) atoms. The minimum Gasteiger partial charge on any atom is -0.495 e. The fraction of sp³-hybridized carbons (Fsp3) is 0.308. The highest BCUT2D eigenvalue weighted by Crippen LogP contribution is 2.28. The van der Waals surface area contributed by atoms with Crippen LogP contribution in [0.3, 0.4) is 0 Å². The lowest BCUT2D eigenvalue weighted by atomic mass is 10.0. The maximum atomic E-state index is 6.18. The van der Waals surface area contributed by atoms with Gasteiger partial charge in [0.15, 0.2) is 0 Å². The third kappa shape index (κ3) is 3.02. The predicted octanol–water partition coefficient (Wildman–Crippen LogP) is 3.36. The van der Waals surface area contributed by atoms with Gasteiger partial charge in [-0.05, 0) is 24.6 Å². The minimum atomic E-state index is -0.0956. The van der Waals surface area contributed by atoms with Gasteiger partial charge in [-0.1, -0.05) is 17.7 Å². The zero-order chi connectivity index (χ0) is 13.1. The molecule has 0 bridgehead atoms. The van der Waals surface area contributed by atoms with Crippen molar-refractivity contribution in [2.75, 3.05) is 7.11 Å². The van der Waals surface area contributed by atoms with Gasteiger partial charge in [0.2, 0.25) is 0 Å². The zero-order valence-corrected chi connectivity index (χ0v) is 11.9. The Bertz CT molecular complexity index is 542. The van der Waals surface area contributed by atoms with E-state index in [1.807, 2.05) is 30.5 Å². The Labute approximate surface area is 116 Å². The largest absolute Gasteiger partial charge is 0.495 e. The number of benzene rings is 1. The monoisotopic (exact) mass is 282 g/mol. The second kappa shape index (κ2) is 5.69. The summed E-state index contributed by atoms with van der Waals surface area (Å²) < 4.78 is 5.19. The topological polar surface area (TPSA) is 48.1 Å². The molecule has 1 aromatic heterocycles. The highest BCUT2D eigenvalue weighted by Gasteiger charge is 2.12. The molecule has 1 aromatic carbocycles. The van der Waals surface area contributed by atoms with E-state index in [-0.39, 0.29) is 6.04 Å². The summed E-state index contributed by atoms with van der Waals surface area (Å²) >= 11 is 7.63. The third-order valence-electron chi connectivity index (χ3n) is 2.66. The number of nitrogens with zero attached hydrogens (tertiary/aromatic N) is 1. The summed E-state index contributed by atoms with van der Waals surface area (Å²) in [6, 6.07) is 5.52. The second-order valence-electron chi connectivity index (χ2n) is 4.09. The fourth-order valence-electron chi connectivity index (χ4n) is 1.71. The minimum absolute atomic E-state index is 0.0956. The van der Waals surface area contributed by atoms with Gasteiger partial charge in [-0.25, -0.2) is 4.98 Å². The Morgan fingerprint density at radius 2 is 2.28 bits per heavy atom. The Morgan fingerprint density at radius 1 is 1.50 bits per heavy atom. The van der Waals surface area contributed by atoms with Gasteiger partial charge in [-0.2, -0.15) is 0 Å². The van der Waals surface area contributed by atoms with Crippen LogP contribution in [0.4, 0.5) is 0 Å². The van der Waals surface area contributed by atoms with Gasteiger partial charge < -0.3 is 10.5 Å². The molecule has 0 saturated carbocycles. The van der Waals surface area contributed by atoms with Crippen molar-refractivity contribution in [3.63, 3.8) is 0 Å². The Kier molecular flexibility index (Phi) is 4.22. The third-order valence-corrected chi connectivity index (χ3v) is 3.97. The van der Waals surface area contributed by atoms with E-state index in [0.29, 0.717) is 10.8 Å². The normalized spacial score (nSPS) is 12.4. The number of aryl methyl sites for hydroxylation is 1. The lowest BCUT2D eigenvalue weighted by Gasteiger charge is -2.12. The molecule has 1 atom stereocenters. The molecule has 5 heteroatoms. The first kappa shape index (κ1) is 13.3. The number of halogens is 1. The average Bonchev–Trinajstić information content (AvgIpc) is 2.75. The molecule has 0 aliphatic carbocycles. The molecule has 0 radical (unpaired) electrons. The van der Waals surface area contributed by atoms with Crippen molar-refractivity contribution < 1.29 is 4.74 Å². The second-order valence-corrected chi connectivity index (χ2v) is 5.44. The van der Waals surface area contributed by atoms with E-state index >= 15 is 0 Å². The standard InChI is InChI=1S/C13H15ClN2OS/c1-8-7-18-13(16-8)6-11(15)9-3-4-10(14)12(5-9)17-2/h3-5,7,11H,6,15H2,1-2H3. The van der Waals surface area contributed by atoms with Crippen molar-refractivity contribution in [1.29, 1.82) is 0 Å². The van der Waals surface area contributed by atoms with E-state index < -0.39 is 0 Å². The van der Waals surface area contributed by atoms with Crippen LogP contribution in [0.25, 0.3) is 0 Å². The molecule has 0 spiro atoms. The lowest BCUT2D eigenvalue weighted by molar-refractivity contribution is 0.414. The first-order valence-electron chi connectivity index (χ1n) is 5.60. The average molecular weight is 283 g/mol. The van der Waals surface area contributed by atoms with Crippen LogP contribution in [0.2, 0.25) is 5.02 Å². The highest BCUT2D eigenvalue weighted by atomic mass is 35.5. The molecule has 0 saturated heterocycles. The van der Waals surface area contributed by atoms with Gasteiger partial charge in [0.25, 0.3) is 0 Å². The summed E-state index contributed by atoms with van der Waals surface area (Å²) in [5.41, 5.74) is 8.22. The lowest BCUT2D eigenvalue weighted by Crippen LogP contribution is -2.13. The molecule has 3 nitrogen and oxygen atoms in total. The van der Waals surface area contributed by atoms with Gasteiger partial charge in [0, 0.05) is 23.5 Å². The van der Waals surface area contributed by atoms with Crippen LogP contribution in [0.5, 0.6) is 5.75 Å². The zero-order valence-electron chi connectivity index (χ0n) is 10.3. The first-order chi connectivity index (χ1) is 8.60. The van der Waals surface area contributed by atoms with Crippen LogP contribution < -0.4 is 10.5 Å². The van der Waals surface area contributed by atoms with Crippen LogP contribution in [0.1, 0.15) is 22.3 Å². The molecule has 1 heterocycles. The maximum Gasteiger partial charge on any atom is 0.137 e. The van der Waals surface area contributed by atoms with Gasteiger partial charge in [-0.3, -0.25) is 0 Å². The summed E-state index contributed by atoms with van der Waals surface area (Å²) in [5, 5.41) is 3.68. The van der Waals surface area contributed by atoms with E-state index in [4.69, 9.17) is 22.1 Å². The molecule has 0 aliphatic rings. The molecular formula is C13H15ClN2OS. The summed E-state index contributed by atoms with van der Waals surface area (Å²) in [5.74, 6) is 0.653. The van der Waals surface area contributed by atoms with Crippen LogP contribution in [-0.2, 0) is 6.42 Å². The molecular weight excluding hydrogens is 268 g/mol. The number of thiazole rings is 1. The van der Waals surface area contributed by atoms with Crippen molar-refractivity contribution in [3.05, 3.63) is 44.9 Å². The number of nitrogens with two attached hydrogens (primary N) is 1. The van der Waals surface area contributed by atoms with E-state index in [9.17, 15) is 0 Å². The smallest absolute Gasteiger partial charge is 0.137 e. The number of hydrogen-bond acceptors (Lipinski definition) is 4. The summed E-state index contributed by atoms with van der Waals surface area (Å²) in [7, 11) is 1.60. The predicted molar refractivity (Wildman–Crippen MR) is 75.5 cm³/mol. The first-order valence-corrected chi connectivity index (χ1v) is 6.86. The number of methoxy groups -OCH3 is 1. The molecule has 0 amide bonds. The molecule has 2 N–H and O–H groups in total. The maximum absolute atomic E-state index is 6.18. The van der Waals surface area contributed by atoms with Crippen molar-refractivity contribution in [2.45, 2.75) is 19.4 Å². The van der Waals surface area contributed by atoms with Gasteiger partial charge in [0.1, 0.15) is 5.75 Å².